The molecule has 1 heterocycles. The smallest absolute Gasteiger partial charge is 0.238 e. The van der Waals surface area contributed by atoms with E-state index >= 15 is 0 Å². The van der Waals surface area contributed by atoms with Gasteiger partial charge in [-0.1, -0.05) is 0 Å². The van der Waals surface area contributed by atoms with Gasteiger partial charge in [0.2, 0.25) is 11.8 Å². The number of carbonyl (C=O) groups excluding carboxylic acids is 2. The number of benzene rings is 1. The summed E-state index contributed by atoms with van der Waals surface area (Å²) in [4.78, 5) is 27.7. The number of amides is 2. The zero-order chi connectivity index (χ0) is 18.9. The van der Waals surface area contributed by atoms with Gasteiger partial charge in [0.15, 0.2) is 0 Å². The summed E-state index contributed by atoms with van der Waals surface area (Å²) < 4.78 is 31.5. The molecule has 0 aliphatic carbocycles. The number of hydrogen-bond donors (Lipinski definition) is 2. The van der Waals surface area contributed by atoms with E-state index in [1.165, 1.54) is 0 Å². The minimum Gasteiger partial charge on any atom is -0.383 e. The molecular formula is C17H24F2N4O3. The molecule has 2 rings (SSSR count). The Morgan fingerprint density at radius 2 is 1.69 bits per heavy atom. The molecule has 0 spiro atoms. The highest BCUT2D eigenvalue weighted by Gasteiger charge is 2.21. The van der Waals surface area contributed by atoms with Gasteiger partial charge in [0, 0.05) is 45.9 Å². The second-order valence-corrected chi connectivity index (χ2v) is 6.07. The standard InChI is InChI=1S/C17H24F2N4O3/c1-26-9-4-20-16(24)11-22-5-7-23(8-6-22)12-17(25)21-15-10-13(18)2-3-14(15)19/h2-3,10H,4-9,11-12H2,1H3,(H,20,24)(H,21,25). The maximum absolute atomic E-state index is 13.5. The highest BCUT2D eigenvalue weighted by molar-refractivity contribution is 5.92. The van der Waals surface area contributed by atoms with Crippen molar-refractivity contribution in [2.24, 2.45) is 0 Å². The van der Waals surface area contributed by atoms with Crippen molar-refractivity contribution in [3.63, 3.8) is 0 Å². The van der Waals surface area contributed by atoms with Crippen molar-refractivity contribution in [2.75, 3.05) is 64.8 Å². The Kier molecular flexibility index (Phi) is 7.89. The maximum atomic E-state index is 13.5. The van der Waals surface area contributed by atoms with E-state index in [9.17, 15) is 18.4 Å². The van der Waals surface area contributed by atoms with Crippen LogP contribution in [0.5, 0.6) is 0 Å². The molecule has 2 N–H and O–H groups in total. The monoisotopic (exact) mass is 370 g/mol. The van der Waals surface area contributed by atoms with Crippen LogP contribution in [0.1, 0.15) is 0 Å². The summed E-state index contributed by atoms with van der Waals surface area (Å²) in [7, 11) is 1.57. The molecule has 9 heteroatoms. The summed E-state index contributed by atoms with van der Waals surface area (Å²) in [6.07, 6.45) is 0. The molecule has 2 amide bonds. The van der Waals surface area contributed by atoms with E-state index in [4.69, 9.17) is 4.74 Å². The molecule has 1 fully saturated rings. The van der Waals surface area contributed by atoms with Gasteiger partial charge in [-0.05, 0) is 12.1 Å². The van der Waals surface area contributed by atoms with Crippen LogP contribution >= 0.6 is 0 Å². The average Bonchev–Trinajstić information content (AvgIpc) is 2.60. The molecule has 0 unspecified atom stereocenters. The van der Waals surface area contributed by atoms with Crippen LogP contribution in [0.15, 0.2) is 18.2 Å². The Hall–Kier alpha value is -2.10. The van der Waals surface area contributed by atoms with Crippen LogP contribution in [0.4, 0.5) is 14.5 Å². The van der Waals surface area contributed by atoms with Crippen molar-refractivity contribution >= 4 is 17.5 Å². The molecule has 0 atom stereocenters. The van der Waals surface area contributed by atoms with Crippen LogP contribution in [0.3, 0.4) is 0 Å². The summed E-state index contributed by atoms with van der Waals surface area (Å²) in [6, 6.07) is 2.92. The number of hydrogen-bond acceptors (Lipinski definition) is 5. The normalized spacial score (nSPS) is 15.7. The third-order valence-corrected chi connectivity index (χ3v) is 4.03. The summed E-state index contributed by atoms with van der Waals surface area (Å²) in [6.45, 7) is 3.88. The number of carbonyl (C=O) groups is 2. The van der Waals surface area contributed by atoms with Gasteiger partial charge in [-0.15, -0.1) is 0 Å². The van der Waals surface area contributed by atoms with Gasteiger partial charge in [-0.3, -0.25) is 19.4 Å². The molecule has 1 aliphatic heterocycles. The maximum Gasteiger partial charge on any atom is 0.238 e. The van der Waals surface area contributed by atoms with E-state index in [-0.39, 0.29) is 18.1 Å². The molecule has 0 radical (unpaired) electrons. The van der Waals surface area contributed by atoms with Crippen molar-refractivity contribution in [2.45, 2.75) is 0 Å². The summed E-state index contributed by atoms with van der Waals surface area (Å²) >= 11 is 0. The van der Waals surface area contributed by atoms with Gasteiger partial charge in [-0.25, -0.2) is 8.78 Å². The lowest BCUT2D eigenvalue weighted by atomic mass is 10.2. The van der Waals surface area contributed by atoms with Crippen molar-refractivity contribution in [3.05, 3.63) is 29.8 Å². The van der Waals surface area contributed by atoms with Crippen LogP contribution < -0.4 is 10.6 Å². The number of anilines is 1. The number of nitrogens with zero attached hydrogens (tertiary/aromatic N) is 2. The number of halogens is 2. The molecule has 1 aromatic carbocycles. The summed E-state index contributed by atoms with van der Waals surface area (Å²) in [5.74, 6) is -1.75. The molecule has 0 bridgehead atoms. The predicted octanol–water partition coefficient (Wildman–Crippen LogP) is 0.284. The first kappa shape index (κ1) is 20.2. The Morgan fingerprint density at radius 1 is 1.08 bits per heavy atom. The van der Waals surface area contributed by atoms with Crippen LogP contribution in [0, 0.1) is 11.6 Å². The van der Waals surface area contributed by atoms with E-state index in [1.807, 2.05) is 9.80 Å². The largest absolute Gasteiger partial charge is 0.383 e. The SMILES string of the molecule is COCCNC(=O)CN1CCN(CC(=O)Nc2cc(F)ccc2F)CC1. The zero-order valence-electron chi connectivity index (χ0n) is 14.8. The number of rotatable bonds is 8. The van der Waals surface area contributed by atoms with Crippen molar-refractivity contribution in [3.8, 4) is 0 Å². The summed E-state index contributed by atoms with van der Waals surface area (Å²) in [5, 5.41) is 5.15. The highest BCUT2D eigenvalue weighted by Crippen LogP contribution is 2.15. The van der Waals surface area contributed by atoms with Crippen LogP contribution in [-0.2, 0) is 14.3 Å². The lowest BCUT2D eigenvalue weighted by Crippen LogP contribution is -2.51. The highest BCUT2D eigenvalue weighted by atomic mass is 19.1. The Morgan fingerprint density at radius 3 is 2.31 bits per heavy atom. The molecule has 7 nitrogen and oxygen atoms in total. The molecule has 1 aromatic rings. The fourth-order valence-corrected chi connectivity index (χ4v) is 2.64. The third-order valence-electron chi connectivity index (χ3n) is 4.03. The van der Waals surface area contributed by atoms with Crippen molar-refractivity contribution in [1.82, 2.24) is 15.1 Å². The fraction of sp³-hybridized carbons (Fsp3) is 0.529. The van der Waals surface area contributed by atoms with Gasteiger partial charge in [0.25, 0.3) is 0 Å². The van der Waals surface area contributed by atoms with Gasteiger partial charge >= 0.3 is 0 Å². The van der Waals surface area contributed by atoms with E-state index in [0.717, 1.165) is 18.2 Å². The zero-order valence-corrected chi connectivity index (χ0v) is 14.8. The number of methoxy groups -OCH3 is 1. The van der Waals surface area contributed by atoms with Crippen LogP contribution in [-0.4, -0.2) is 81.1 Å². The van der Waals surface area contributed by atoms with E-state index in [1.54, 1.807) is 7.11 Å². The quantitative estimate of drug-likeness (QED) is 0.644. The summed E-state index contributed by atoms with van der Waals surface area (Å²) in [5.41, 5.74) is -0.165. The van der Waals surface area contributed by atoms with E-state index in [0.29, 0.717) is 45.9 Å². The third kappa shape index (κ3) is 6.66. The minimum absolute atomic E-state index is 0.0603. The Labute approximate surface area is 151 Å². The number of ether oxygens (including phenoxy) is 1. The topological polar surface area (TPSA) is 73.9 Å². The van der Waals surface area contributed by atoms with Crippen molar-refractivity contribution in [1.29, 1.82) is 0 Å². The average molecular weight is 370 g/mol. The molecule has 144 valence electrons. The van der Waals surface area contributed by atoms with Crippen LogP contribution in [0.25, 0.3) is 0 Å². The van der Waals surface area contributed by atoms with Crippen LogP contribution in [0.2, 0.25) is 0 Å². The first-order valence-electron chi connectivity index (χ1n) is 8.43. The minimum atomic E-state index is -0.677. The van der Waals surface area contributed by atoms with Gasteiger partial charge < -0.3 is 15.4 Å². The number of piperazine rings is 1. The Bertz CT molecular complexity index is 622. The molecule has 1 aliphatic rings. The second-order valence-electron chi connectivity index (χ2n) is 6.07. The first-order chi connectivity index (χ1) is 12.5. The van der Waals surface area contributed by atoms with E-state index in [2.05, 4.69) is 10.6 Å². The molecule has 0 saturated carbocycles. The lowest BCUT2D eigenvalue weighted by molar-refractivity contribution is -0.123. The molecule has 1 saturated heterocycles. The van der Waals surface area contributed by atoms with Gasteiger partial charge in [0.05, 0.1) is 25.4 Å². The molecular weight excluding hydrogens is 346 g/mol. The van der Waals surface area contributed by atoms with E-state index < -0.39 is 17.5 Å². The van der Waals surface area contributed by atoms with Gasteiger partial charge in [-0.2, -0.15) is 0 Å². The molecule has 26 heavy (non-hydrogen) atoms. The predicted molar refractivity (Wildman–Crippen MR) is 92.8 cm³/mol. The first-order valence-corrected chi connectivity index (χ1v) is 8.43. The second kappa shape index (κ2) is 10.1. The molecule has 0 aromatic heterocycles. The fourth-order valence-electron chi connectivity index (χ4n) is 2.64. The number of nitrogens with one attached hydrogen (secondary N) is 2. The Balaban J connectivity index is 1.70. The lowest BCUT2D eigenvalue weighted by Gasteiger charge is -2.33. The van der Waals surface area contributed by atoms with Crippen molar-refractivity contribution < 1.29 is 23.1 Å². The van der Waals surface area contributed by atoms with Gasteiger partial charge in [0.1, 0.15) is 11.6 Å².